The molecule has 3 rings (SSSR count). The van der Waals surface area contributed by atoms with Gasteiger partial charge in [-0.15, -0.1) is 0 Å². The first-order valence-electron chi connectivity index (χ1n) is 7.50. The van der Waals surface area contributed by atoms with E-state index in [-0.39, 0.29) is 17.8 Å². The summed E-state index contributed by atoms with van der Waals surface area (Å²) in [4.78, 5) is 30.7. The average molecular weight is 403 g/mol. The van der Waals surface area contributed by atoms with E-state index in [1.807, 2.05) is 24.3 Å². The molecular formula is C18H15BrN2O4. The molecule has 0 bridgehead atoms. The number of carboxylic acids is 2. The van der Waals surface area contributed by atoms with Gasteiger partial charge in [0.25, 0.3) is 0 Å². The summed E-state index contributed by atoms with van der Waals surface area (Å²) in [7, 11) is 0. The van der Waals surface area contributed by atoms with Crippen molar-refractivity contribution in [2.45, 2.75) is 18.8 Å². The van der Waals surface area contributed by atoms with Gasteiger partial charge in [0, 0.05) is 22.0 Å². The van der Waals surface area contributed by atoms with Crippen LogP contribution in [0.5, 0.6) is 0 Å². The van der Waals surface area contributed by atoms with Crippen molar-refractivity contribution in [1.29, 1.82) is 0 Å². The van der Waals surface area contributed by atoms with Crippen molar-refractivity contribution in [3.63, 3.8) is 0 Å². The predicted octanol–water partition coefficient (Wildman–Crippen LogP) is 3.52. The number of aromatic nitrogens is 2. The van der Waals surface area contributed by atoms with Crippen LogP contribution < -0.4 is 0 Å². The Morgan fingerprint density at radius 2 is 2.08 bits per heavy atom. The van der Waals surface area contributed by atoms with Crippen LogP contribution in [0, 0.1) is 0 Å². The summed E-state index contributed by atoms with van der Waals surface area (Å²) in [6.45, 7) is 1.68. The molecule has 1 aromatic carbocycles. The summed E-state index contributed by atoms with van der Waals surface area (Å²) in [5.74, 6) is -2.06. The van der Waals surface area contributed by atoms with Gasteiger partial charge in [-0.3, -0.25) is 4.79 Å². The molecule has 0 radical (unpaired) electrons. The van der Waals surface area contributed by atoms with Crippen molar-refractivity contribution in [1.82, 2.24) is 9.97 Å². The van der Waals surface area contributed by atoms with E-state index >= 15 is 0 Å². The highest BCUT2D eigenvalue weighted by Crippen LogP contribution is 2.37. The van der Waals surface area contributed by atoms with Gasteiger partial charge in [0.15, 0.2) is 0 Å². The highest BCUT2D eigenvalue weighted by atomic mass is 79.9. The van der Waals surface area contributed by atoms with Crippen LogP contribution in [0.2, 0.25) is 0 Å². The summed E-state index contributed by atoms with van der Waals surface area (Å²) in [6, 6.07) is 7.51. The number of allylic oxidation sites excluding steroid dienone is 2. The number of carboxylic acid groups (broad SMARTS) is 2. The first-order chi connectivity index (χ1) is 11.8. The maximum Gasteiger partial charge on any atom is 0.331 e. The topological polar surface area (TPSA) is 103 Å². The molecule has 1 heterocycles. The van der Waals surface area contributed by atoms with Crippen LogP contribution in [0.25, 0.3) is 11.3 Å². The lowest BCUT2D eigenvalue weighted by Gasteiger charge is -2.28. The number of hydrogen-bond acceptors (Lipinski definition) is 3. The van der Waals surface area contributed by atoms with Gasteiger partial charge in [0.1, 0.15) is 11.2 Å². The Bertz CT molecular complexity index is 929. The average Bonchev–Trinajstić information content (AvgIpc) is 3.04. The summed E-state index contributed by atoms with van der Waals surface area (Å²) in [5.41, 5.74) is 0.597. The highest BCUT2D eigenvalue weighted by molar-refractivity contribution is 9.10. The Labute approximate surface area is 152 Å². The molecule has 0 amide bonds. The van der Waals surface area contributed by atoms with Gasteiger partial charge in [0.05, 0.1) is 11.9 Å². The van der Waals surface area contributed by atoms with Crippen molar-refractivity contribution in [3.8, 4) is 11.3 Å². The second-order valence-corrected chi connectivity index (χ2v) is 6.89. The van der Waals surface area contributed by atoms with Gasteiger partial charge in [-0.25, -0.2) is 9.78 Å². The molecule has 0 saturated carbocycles. The van der Waals surface area contributed by atoms with Crippen LogP contribution >= 0.6 is 15.9 Å². The van der Waals surface area contributed by atoms with Gasteiger partial charge >= 0.3 is 11.9 Å². The number of H-pyrrole nitrogens is 1. The quantitative estimate of drug-likeness (QED) is 0.725. The van der Waals surface area contributed by atoms with E-state index in [4.69, 9.17) is 0 Å². The zero-order valence-electron chi connectivity index (χ0n) is 13.3. The molecule has 0 aliphatic heterocycles. The van der Waals surface area contributed by atoms with Gasteiger partial charge in [-0.2, -0.15) is 0 Å². The third-order valence-corrected chi connectivity index (χ3v) is 4.63. The van der Waals surface area contributed by atoms with E-state index in [2.05, 4.69) is 25.9 Å². The molecule has 1 aliphatic carbocycles. The number of halogens is 1. The van der Waals surface area contributed by atoms with Gasteiger partial charge in [-0.1, -0.05) is 39.7 Å². The maximum absolute atomic E-state index is 12.1. The zero-order valence-corrected chi connectivity index (χ0v) is 14.9. The van der Waals surface area contributed by atoms with Crippen molar-refractivity contribution in [2.24, 2.45) is 0 Å². The van der Waals surface area contributed by atoms with E-state index in [0.717, 1.165) is 10.0 Å². The molecular weight excluding hydrogens is 388 g/mol. The molecule has 0 saturated heterocycles. The minimum absolute atomic E-state index is 0.0443. The minimum atomic E-state index is -1.53. The second-order valence-electron chi connectivity index (χ2n) is 5.97. The molecule has 25 heavy (non-hydrogen) atoms. The minimum Gasteiger partial charge on any atom is -0.480 e. The van der Waals surface area contributed by atoms with E-state index in [1.165, 1.54) is 6.08 Å². The van der Waals surface area contributed by atoms with Crippen LogP contribution in [0.1, 0.15) is 19.2 Å². The van der Waals surface area contributed by atoms with Gasteiger partial charge < -0.3 is 15.2 Å². The van der Waals surface area contributed by atoms with Crippen LogP contribution in [0.3, 0.4) is 0 Å². The lowest BCUT2D eigenvalue weighted by molar-refractivity contribution is -0.142. The molecule has 1 aromatic heterocycles. The molecule has 0 fully saturated rings. The maximum atomic E-state index is 12.1. The number of hydrogen-bond donors (Lipinski definition) is 3. The first kappa shape index (κ1) is 17.2. The number of rotatable bonds is 4. The molecule has 6 nitrogen and oxygen atoms in total. The number of aliphatic carboxylic acids is 2. The Balaban J connectivity index is 2.08. The standard InChI is InChI=1S/C18H15BrN2O4/c1-10-5-12(15(22)23)8-18(7-10,17(24)25)16-20-9-14(21-16)11-3-2-4-13(19)6-11/h2-7,9H,8H2,1H3,(H,20,21)(H,22,23)(H,24,25). The predicted molar refractivity (Wildman–Crippen MR) is 95.1 cm³/mol. The second kappa shape index (κ2) is 6.33. The molecule has 3 N–H and O–H groups in total. The normalized spacial score (nSPS) is 19.9. The smallest absolute Gasteiger partial charge is 0.331 e. The Kier molecular flexibility index (Phi) is 4.34. The molecule has 7 heteroatoms. The number of nitrogens with zero attached hydrogens (tertiary/aromatic N) is 1. The summed E-state index contributed by atoms with van der Waals surface area (Å²) < 4.78 is 0.888. The fraction of sp³-hybridized carbons (Fsp3) is 0.167. The van der Waals surface area contributed by atoms with Gasteiger partial charge in [0.2, 0.25) is 0 Å². The van der Waals surface area contributed by atoms with E-state index in [1.54, 1.807) is 19.2 Å². The Morgan fingerprint density at radius 3 is 2.72 bits per heavy atom. The summed E-state index contributed by atoms with van der Waals surface area (Å²) >= 11 is 3.40. The zero-order chi connectivity index (χ0) is 18.2. The fourth-order valence-electron chi connectivity index (χ4n) is 2.99. The lowest BCUT2D eigenvalue weighted by atomic mass is 9.75. The largest absolute Gasteiger partial charge is 0.480 e. The number of benzene rings is 1. The van der Waals surface area contributed by atoms with E-state index < -0.39 is 17.4 Å². The number of aromatic amines is 1. The third-order valence-electron chi connectivity index (χ3n) is 4.14. The summed E-state index contributed by atoms with van der Waals surface area (Å²) in [6.07, 6.45) is 4.43. The SMILES string of the molecule is CC1=CC(C(=O)O)(c2ncc(-c3cccc(Br)c3)[nH]2)CC(C(=O)O)=C1. The number of imidazole rings is 1. The molecule has 128 valence electrons. The van der Waals surface area contributed by atoms with Crippen molar-refractivity contribution >= 4 is 27.9 Å². The highest BCUT2D eigenvalue weighted by Gasteiger charge is 2.44. The Morgan fingerprint density at radius 1 is 1.32 bits per heavy atom. The van der Waals surface area contributed by atoms with Crippen LogP contribution in [0.4, 0.5) is 0 Å². The van der Waals surface area contributed by atoms with E-state index in [9.17, 15) is 19.8 Å². The lowest BCUT2D eigenvalue weighted by Crippen LogP contribution is -2.38. The number of carbonyl (C=O) groups is 2. The molecule has 0 spiro atoms. The van der Waals surface area contributed by atoms with Crippen LogP contribution in [0.15, 0.2) is 58.2 Å². The monoisotopic (exact) mass is 402 g/mol. The fourth-order valence-corrected chi connectivity index (χ4v) is 3.39. The third kappa shape index (κ3) is 3.15. The van der Waals surface area contributed by atoms with Gasteiger partial charge in [-0.05, 0) is 25.1 Å². The van der Waals surface area contributed by atoms with Crippen LogP contribution in [-0.4, -0.2) is 32.1 Å². The van der Waals surface area contributed by atoms with Crippen LogP contribution in [-0.2, 0) is 15.0 Å². The molecule has 1 atom stereocenters. The molecule has 1 unspecified atom stereocenters. The van der Waals surface area contributed by atoms with Crippen molar-refractivity contribution in [2.75, 3.05) is 0 Å². The van der Waals surface area contributed by atoms with Crippen molar-refractivity contribution in [3.05, 3.63) is 64.1 Å². The molecule has 2 aromatic rings. The number of nitrogens with one attached hydrogen (secondary N) is 1. The first-order valence-corrected chi connectivity index (χ1v) is 8.29. The molecule has 1 aliphatic rings. The van der Waals surface area contributed by atoms with Crippen molar-refractivity contribution < 1.29 is 19.8 Å². The summed E-state index contributed by atoms with van der Waals surface area (Å²) in [5, 5.41) is 19.2. The Hall–Kier alpha value is -2.67. The van der Waals surface area contributed by atoms with E-state index in [0.29, 0.717) is 11.3 Å².